The number of aryl methyl sites for hydroxylation is 1. The van der Waals surface area contributed by atoms with Crippen LogP contribution in [0.15, 0.2) is 47.7 Å². The molecule has 0 bridgehead atoms. The van der Waals surface area contributed by atoms with E-state index in [2.05, 4.69) is 5.18 Å². The van der Waals surface area contributed by atoms with Crippen molar-refractivity contribution < 1.29 is 19.8 Å². The number of carbonyl (C=O) groups is 2. The monoisotopic (exact) mass is 401 g/mol. The molecule has 1 aromatic carbocycles. The molecule has 6 nitrogen and oxygen atoms in total. The van der Waals surface area contributed by atoms with E-state index in [0.29, 0.717) is 38.5 Å². The Kier molecular flexibility index (Phi) is 9.71. The molecule has 1 aliphatic rings. The molecule has 158 valence electrons. The van der Waals surface area contributed by atoms with E-state index in [9.17, 15) is 19.6 Å². The van der Waals surface area contributed by atoms with Crippen molar-refractivity contribution in [3.63, 3.8) is 0 Å². The van der Waals surface area contributed by atoms with E-state index >= 15 is 0 Å². The maximum atomic E-state index is 12.3. The summed E-state index contributed by atoms with van der Waals surface area (Å²) >= 11 is 0. The van der Waals surface area contributed by atoms with Crippen molar-refractivity contribution >= 4 is 11.8 Å². The number of nitroso groups, excluding NO2 is 1. The molecule has 0 aromatic heterocycles. The first kappa shape index (κ1) is 22.9. The molecule has 0 radical (unpaired) electrons. The highest BCUT2D eigenvalue weighted by Gasteiger charge is 2.42. The van der Waals surface area contributed by atoms with Gasteiger partial charge >= 0.3 is 5.97 Å². The highest BCUT2D eigenvalue weighted by Crippen LogP contribution is 2.37. The van der Waals surface area contributed by atoms with Gasteiger partial charge in [0.15, 0.2) is 0 Å². The van der Waals surface area contributed by atoms with Gasteiger partial charge in [-0.05, 0) is 56.4 Å². The maximum absolute atomic E-state index is 12.3. The number of unbranched alkanes of at least 4 members (excludes halogenated alkanes) is 1. The van der Waals surface area contributed by atoms with Crippen molar-refractivity contribution in [2.24, 2.45) is 17.0 Å². The van der Waals surface area contributed by atoms with Gasteiger partial charge in [0.1, 0.15) is 11.8 Å². The van der Waals surface area contributed by atoms with E-state index in [0.717, 1.165) is 6.42 Å². The van der Waals surface area contributed by atoms with Crippen LogP contribution in [0, 0.1) is 16.7 Å². The minimum Gasteiger partial charge on any atom is -0.481 e. The summed E-state index contributed by atoms with van der Waals surface area (Å²) in [6.07, 6.45) is 8.05. The third kappa shape index (κ3) is 7.89. The van der Waals surface area contributed by atoms with Gasteiger partial charge in [-0.3, -0.25) is 9.59 Å². The number of rotatable bonds is 13. The van der Waals surface area contributed by atoms with Gasteiger partial charge in [-0.15, -0.1) is 0 Å². The van der Waals surface area contributed by atoms with Crippen LogP contribution in [0.5, 0.6) is 0 Å². The van der Waals surface area contributed by atoms with Gasteiger partial charge in [0.2, 0.25) is 0 Å². The van der Waals surface area contributed by atoms with Crippen molar-refractivity contribution in [1.29, 1.82) is 0 Å². The Bertz CT molecular complexity index is 688. The number of aliphatic hydroxyl groups excluding tert-OH is 1. The molecular weight excluding hydrogens is 370 g/mol. The first-order valence-corrected chi connectivity index (χ1v) is 10.4. The fraction of sp³-hybridized carbons (Fsp3) is 0.565. The normalized spacial score (nSPS) is 22.8. The van der Waals surface area contributed by atoms with E-state index in [-0.39, 0.29) is 30.5 Å². The number of aliphatic hydroxyl groups is 1. The Hall–Kier alpha value is -2.34. The fourth-order valence-electron chi connectivity index (χ4n) is 4.07. The minimum absolute atomic E-state index is 0.0635. The lowest BCUT2D eigenvalue weighted by Crippen LogP contribution is -2.21. The molecule has 2 unspecified atom stereocenters. The number of hydrogen-bond donors (Lipinski definition) is 2. The number of benzene rings is 1. The molecule has 2 N–H and O–H groups in total. The van der Waals surface area contributed by atoms with Crippen molar-refractivity contribution in [1.82, 2.24) is 0 Å². The number of carboxylic acid groups (broad SMARTS) is 1. The Morgan fingerprint density at radius 3 is 2.66 bits per heavy atom. The predicted octanol–water partition coefficient (Wildman–Crippen LogP) is 4.30. The fourth-order valence-corrected chi connectivity index (χ4v) is 4.07. The van der Waals surface area contributed by atoms with Crippen LogP contribution in [-0.2, 0) is 16.0 Å². The average molecular weight is 402 g/mol. The summed E-state index contributed by atoms with van der Waals surface area (Å²) in [4.78, 5) is 34.1. The molecule has 0 aliphatic heterocycles. The van der Waals surface area contributed by atoms with Gasteiger partial charge in [-0.25, -0.2) is 0 Å². The summed E-state index contributed by atoms with van der Waals surface area (Å²) in [5, 5.41) is 22.2. The zero-order valence-corrected chi connectivity index (χ0v) is 16.8. The topological polar surface area (TPSA) is 104 Å². The van der Waals surface area contributed by atoms with Crippen LogP contribution in [0.3, 0.4) is 0 Å². The predicted molar refractivity (Wildman–Crippen MR) is 111 cm³/mol. The van der Waals surface area contributed by atoms with Gasteiger partial charge in [0, 0.05) is 18.8 Å². The summed E-state index contributed by atoms with van der Waals surface area (Å²) < 4.78 is 0. The minimum atomic E-state index is -0.810. The number of allylic oxidation sites excluding steroid dienone is 2. The van der Waals surface area contributed by atoms with Gasteiger partial charge in [-0.1, -0.05) is 47.7 Å². The molecule has 0 heterocycles. The van der Waals surface area contributed by atoms with Crippen LogP contribution >= 0.6 is 0 Å². The lowest BCUT2D eigenvalue weighted by Gasteiger charge is -2.21. The molecule has 1 saturated carbocycles. The molecule has 1 aliphatic carbocycles. The second-order valence-electron chi connectivity index (χ2n) is 7.86. The standard InChI is InChI=1S/C23H31NO5/c25-18(13-12-17-8-4-3-5-9-17)14-15-19-20(22(26)16-21(19)24-29)10-6-1-2-7-11-23(27)28/h1,3-6,8-9,18-21,25H,2,7,10-16H2,(H,27,28)/t18?,19-,20-,21?/m1/s1. The smallest absolute Gasteiger partial charge is 0.303 e. The number of Topliss-reactive ketones (excluding diaryl/α,β-unsaturated/α-hetero) is 1. The Labute approximate surface area is 172 Å². The second kappa shape index (κ2) is 12.3. The van der Waals surface area contributed by atoms with Crippen molar-refractivity contribution in [2.75, 3.05) is 0 Å². The van der Waals surface area contributed by atoms with E-state index in [1.807, 2.05) is 42.5 Å². The van der Waals surface area contributed by atoms with E-state index in [1.54, 1.807) is 0 Å². The molecule has 0 spiro atoms. The van der Waals surface area contributed by atoms with Gasteiger partial charge in [-0.2, -0.15) is 4.91 Å². The average Bonchev–Trinajstić information content (AvgIpc) is 3.02. The van der Waals surface area contributed by atoms with Crippen LogP contribution in [0.2, 0.25) is 0 Å². The second-order valence-corrected chi connectivity index (χ2v) is 7.86. The molecule has 2 rings (SSSR count). The zero-order valence-electron chi connectivity index (χ0n) is 16.8. The number of ketones is 1. The summed E-state index contributed by atoms with van der Waals surface area (Å²) in [7, 11) is 0. The molecule has 0 saturated heterocycles. The lowest BCUT2D eigenvalue weighted by atomic mass is 9.85. The molecule has 29 heavy (non-hydrogen) atoms. The van der Waals surface area contributed by atoms with Crippen molar-refractivity contribution in [2.45, 2.75) is 69.9 Å². The number of hydrogen-bond acceptors (Lipinski definition) is 5. The number of aliphatic carboxylic acids is 1. The summed E-state index contributed by atoms with van der Waals surface area (Å²) in [5.74, 6) is -1.12. The molecule has 1 aromatic rings. The van der Waals surface area contributed by atoms with Crippen LogP contribution in [0.4, 0.5) is 0 Å². The zero-order chi connectivity index (χ0) is 21.1. The quantitative estimate of drug-likeness (QED) is 0.291. The van der Waals surface area contributed by atoms with E-state index in [1.165, 1.54) is 5.56 Å². The summed E-state index contributed by atoms with van der Waals surface area (Å²) in [5.41, 5.74) is 1.18. The first-order valence-electron chi connectivity index (χ1n) is 10.4. The Morgan fingerprint density at radius 2 is 1.97 bits per heavy atom. The van der Waals surface area contributed by atoms with Crippen LogP contribution in [0.25, 0.3) is 0 Å². The Morgan fingerprint density at radius 1 is 1.21 bits per heavy atom. The molecule has 1 fully saturated rings. The number of carbonyl (C=O) groups excluding carboxylic acids is 1. The molecule has 6 heteroatoms. The number of carboxylic acids is 1. The van der Waals surface area contributed by atoms with Gasteiger partial charge < -0.3 is 10.2 Å². The van der Waals surface area contributed by atoms with Gasteiger partial charge in [0.05, 0.1) is 6.10 Å². The SMILES string of the molecule is O=NC1CC(=O)[C@H](CC=CCCCC(=O)O)[C@H]1CCC(O)CCc1ccccc1. The first-order chi connectivity index (χ1) is 14.0. The van der Waals surface area contributed by atoms with Gasteiger partial charge in [0.25, 0.3) is 0 Å². The van der Waals surface area contributed by atoms with Crippen molar-refractivity contribution in [3.05, 3.63) is 53.0 Å². The van der Waals surface area contributed by atoms with Crippen LogP contribution in [0.1, 0.15) is 56.9 Å². The maximum Gasteiger partial charge on any atom is 0.303 e. The van der Waals surface area contributed by atoms with Crippen LogP contribution < -0.4 is 0 Å². The lowest BCUT2D eigenvalue weighted by molar-refractivity contribution is -0.137. The Balaban J connectivity index is 1.81. The van der Waals surface area contributed by atoms with Crippen molar-refractivity contribution in [3.8, 4) is 0 Å². The third-order valence-corrected chi connectivity index (χ3v) is 5.73. The molecular formula is C23H31NO5. The summed E-state index contributed by atoms with van der Waals surface area (Å²) in [6, 6.07) is 9.48. The largest absolute Gasteiger partial charge is 0.481 e. The number of nitrogens with zero attached hydrogens (tertiary/aromatic N) is 1. The molecule has 0 amide bonds. The molecule has 4 atom stereocenters. The summed E-state index contributed by atoms with van der Waals surface area (Å²) in [6.45, 7) is 0. The third-order valence-electron chi connectivity index (χ3n) is 5.73. The highest BCUT2D eigenvalue weighted by molar-refractivity contribution is 5.84. The highest BCUT2D eigenvalue weighted by atomic mass is 16.4. The van der Waals surface area contributed by atoms with E-state index in [4.69, 9.17) is 5.11 Å². The van der Waals surface area contributed by atoms with E-state index < -0.39 is 18.1 Å². The van der Waals surface area contributed by atoms with Crippen LogP contribution in [-0.4, -0.2) is 34.1 Å².